The summed E-state index contributed by atoms with van der Waals surface area (Å²) in [5.41, 5.74) is 4.26. The van der Waals surface area contributed by atoms with Crippen molar-refractivity contribution in [3.63, 3.8) is 0 Å². The van der Waals surface area contributed by atoms with Gasteiger partial charge in [-0.1, -0.05) is 12.1 Å². The first kappa shape index (κ1) is 19.7. The second-order valence-corrected chi connectivity index (χ2v) is 6.46. The fourth-order valence-corrected chi connectivity index (χ4v) is 3.14. The van der Waals surface area contributed by atoms with Gasteiger partial charge in [-0.3, -0.25) is 10.2 Å². The highest BCUT2D eigenvalue weighted by Crippen LogP contribution is 2.32. The van der Waals surface area contributed by atoms with Crippen molar-refractivity contribution in [3.8, 4) is 0 Å². The van der Waals surface area contributed by atoms with Gasteiger partial charge in [0, 0.05) is 24.1 Å². The number of nitrogens with zero attached hydrogens (tertiary/aromatic N) is 1. The van der Waals surface area contributed by atoms with Crippen LogP contribution in [-0.4, -0.2) is 18.2 Å². The van der Waals surface area contributed by atoms with Crippen molar-refractivity contribution < 1.29 is 22.4 Å². The largest absolute Gasteiger partial charge is 0.455 e. The lowest BCUT2D eigenvalue weighted by molar-refractivity contribution is -0.137. The molecular weight excluding hydrogens is 371 g/mol. The van der Waals surface area contributed by atoms with E-state index in [1.165, 1.54) is 12.1 Å². The van der Waals surface area contributed by atoms with E-state index in [1.54, 1.807) is 13.0 Å². The molecule has 5 nitrogen and oxygen atoms in total. The third-order valence-corrected chi connectivity index (χ3v) is 4.45. The van der Waals surface area contributed by atoms with E-state index in [9.17, 15) is 18.0 Å². The molecule has 0 unspecified atom stereocenters. The van der Waals surface area contributed by atoms with Gasteiger partial charge in [-0.05, 0) is 38.0 Å². The molecule has 8 heteroatoms. The number of alkyl halides is 3. The van der Waals surface area contributed by atoms with Crippen LogP contribution in [0.5, 0.6) is 0 Å². The fourth-order valence-electron chi connectivity index (χ4n) is 3.14. The molecule has 28 heavy (non-hydrogen) atoms. The highest BCUT2D eigenvalue weighted by Gasteiger charge is 2.30. The average molecular weight is 391 g/mol. The second kappa shape index (κ2) is 7.92. The molecule has 0 aliphatic heterocycles. The Labute approximate surface area is 160 Å². The van der Waals surface area contributed by atoms with Crippen LogP contribution in [0, 0.1) is 6.92 Å². The van der Waals surface area contributed by atoms with E-state index in [1.807, 2.05) is 0 Å². The fraction of sp³-hybridized carbons (Fsp3) is 0.300. The molecular formula is C20H20F3N3O2. The number of carbonyl (C=O) groups is 1. The molecule has 0 bridgehead atoms. The number of aryl methyl sites for hydroxylation is 1. The van der Waals surface area contributed by atoms with Gasteiger partial charge >= 0.3 is 6.18 Å². The van der Waals surface area contributed by atoms with E-state index in [0.29, 0.717) is 36.4 Å². The van der Waals surface area contributed by atoms with E-state index < -0.39 is 11.7 Å². The molecule has 1 aromatic heterocycles. The van der Waals surface area contributed by atoms with Crippen LogP contribution in [0.1, 0.15) is 45.8 Å². The zero-order valence-corrected chi connectivity index (χ0v) is 15.3. The number of hydrogen-bond donors (Lipinski definition) is 2. The number of carbonyl (C=O) groups excluding carboxylic acids is 1. The van der Waals surface area contributed by atoms with Crippen LogP contribution in [0.25, 0.3) is 0 Å². The van der Waals surface area contributed by atoms with E-state index in [0.717, 1.165) is 24.1 Å². The zero-order valence-electron chi connectivity index (χ0n) is 15.3. The number of amides is 1. The summed E-state index contributed by atoms with van der Waals surface area (Å²) in [6.07, 6.45) is -0.767. The summed E-state index contributed by atoms with van der Waals surface area (Å²) in [5.74, 6) is 0.551. The Bertz CT molecular complexity index is 929. The van der Waals surface area contributed by atoms with Crippen molar-refractivity contribution in [1.29, 1.82) is 0 Å². The van der Waals surface area contributed by atoms with Crippen LogP contribution < -0.4 is 10.7 Å². The van der Waals surface area contributed by atoms with Crippen molar-refractivity contribution in [3.05, 3.63) is 65.1 Å². The normalized spacial score (nSPS) is 15.2. The van der Waals surface area contributed by atoms with E-state index >= 15 is 0 Å². The quantitative estimate of drug-likeness (QED) is 0.575. The highest BCUT2D eigenvalue weighted by molar-refractivity contribution is 6.06. The molecule has 3 rings (SSSR count). The number of fused-ring (bicyclic) bond motifs is 1. The average Bonchev–Trinajstić information content (AvgIpc) is 3.01. The van der Waals surface area contributed by atoms with E-state index in [2.05, 4.69) is 22.4 Å². The minimum atomic E-state index is -4.42. The second-order valence-electron chi connectivity index (χ2n) is 6.46. The summed E-state index contributed by atoms with van der Waals surface area (Å²) in [6.45, 7) is 5.65. The molecule has 148 valence electrons. The van der Waals surface area contributed by atoms with Crippen molar-refractivity contribution in [2.24, 2.45) is 5.10 Å². The van der Waals surface area contributed by atoms with Crippen molar-refractivity contribution in [1.82, 2.24) is 5.32 Å². The third kappa shape index (κ3) is 4.11. The Morgan fingerprint density at radius 1 is 1.36 bits per heavy atom. The standard InChI is InChI=1S/C20H20F3N3O2/c1-3-10-24-19(27)18-12(2)17-15(8-5-9-16(17)28-18)26-25-14-7-4-6-13(11-14)20(21,22)23/h3-4,6-7,11,25H,1,5,8-10H2,2H3,(H,24,27)/b26-15+. The van der Waals surface area contributed by atoms with Gasteiger partial charge in [-0.25, -0.2) is 0 Å². The highest BCUT2D eigenvalue weighted by atomic mass is 19.4. The molecule has 0 saturated heterocycles. The molecule has 0 saturated carbocycles. The summed E-state index contributed by atoms with van der Waals surface area (Å²) >= 11 is 0. The Kier molecular flexibility index (Phi) is 5.58. The first-order chi connectivity index (χ1) is 13.3. The number of nitrogens with one attached hydrogen (secondary N) is 2. The van der Waals surface area contributed by atoms with Crippen LogP contribution in [-0.2, 0) is 12.6 Å². The van der Waals surface area contributed by atoms with Crippen LogP contribution in [0.2, 0.25) is 0 Å². The molecule has 1 aromatic carbocycles. The van der Waals surface area contributed by atoms with Crippen LogP contribution in [0.3, 0.4) is 0 Å². The zero-order chi connectivity index (χ0) is 20.3. The van der Waals surface area contributed by atoms with Crippen molar-refractivity contribution in [2.75, 3.05) is 12.0 Å². The summed E-state index contributed by atoms with van der Waals surface area (Å²) in [6, 6.07) is 4.85. The lowest BCUT2D eigenvalue weighted by Gasteiger charge is -2.14. The van der Waals surface area contributed by atoms with Crippen LogP contribution in [0.4, 0.5) is 18.9 Å². The number of furan rings is 1. The molecule has 0 fully saturated rings. The smallest absolute Gasteiger partial charge is 0.416 e. The predicted molar refractivity (Wildman–Crippen MR) is 101 cm³/mol. The number of rotatable bonds is 5. The lowest BCUT2D eigenvalue weighted by atomic mass is 9.93. The summed E-state index contributed by atoms with van der Waals surface area (Å²) in [7, 11) is 0. The van der Waals surface area contributed by atoms with Gasteiger partial charge in [0.1, 0.15) is 5.76 Å². The number of halogens is 3. The first-order valence-corrected chi connectivity index (χ1v) is 8.83. The molecule has 0 spiro atoms. The third-order valence-electron chi connectivity index (χ3n) is 4.45. The van der Waals surface area contributed by atoms with E-state index in [4.69, 9.17) is 4.42 Å². The van der Waals surface area contributed by atoms with Gasteiger partial charge in [0.05, 0.1) is 17.0 Å². The van der Waals surface area contributed by atoms with Gasteiger partial charge in [0.15, 0.2) is 5.76 Å². The van der Waals surface area contributed by atoms with E-state index in [-0.39, 0.29) is 17.4 Å². The van der Waals surface area contributed by atoms with Gasteiger partial charge in [-0.2, -0.15) is 18.3 Å². The minimum Gasteiger partial charge on any atom is -0.455 e. The molecule has 1 aliphatic carbocycles. The monoisotopic (exact) mass is 391 g/mol. The maximum atomic E-state index is 12.9. The van der Waals surface area contributed by atoms with Gasteiger partial charge in [0.25, 0.3) is 5.91 Å². The Morgan fingerprint density at radius 3 is 2.86 bits per heavy atom. The maximum Gasteiger partial charge on any atom is 0.416 e. The van der Waals surface area contributed by atoms with Gasteiger partial charge in [0.2, 0.25) is 0 Å². The molecule has 0 radical (unpaired) electrons. The topological polar surface area (TPSA) is 66.6 Å². The Morgan fingerprint density at radius 2 is 2.14 bits per heavy atom. The van der Waals surface area contributed by atoms with Crippen LogP contribution in [0.15, 0.2) is 46.4 Å². The number of hydrogen-bond acceptors (Lipinski definition) is 4. The summed E-state index contributed by atoms with van der Waals surface area (Å²) in [5, 5.41) is 6.98. The minimum absolute atomic E-state index is 0.223. The number of benzene rings is 1. The van der Waals surface area contributed by atoms with Crippen LogP contribution >= 0.6 is 0 Å². The SMILES string of the molecule is C=CCNC(=O)c1oc2c(c1C)/C(=N/Nc1cccc(C(F)(F)F)c1)CCC2. The molecule has 2 N–H and O–H groups in total. The molecule has 1 aliphatic rings. The predicted octanol–water partition coefficient (Wildman–Crippen LogP) is 4.68. The number of anilines is 1. The number of hydrazone groups is 1. The molecule has 2 aromatic rings. The lowest BCUT2D eigenvalue weighted by Crippen LogP contribution is -2.23. The Balaban J connectivity index is 1.87. The molecule has 1 heterocycles. The Hall–Kier alpha value is -3.03. The van der Waals surface area contributed by atoms with Gasteiger partial charge in [-0.15, -0.1) is 6.58 Å². The van der Waals surface area contributed by atoms with Crippen molar-refractivity contribution >= 4 is 17.3 Å². The molecule has 1 amide bonds. The summed E-state index contributed by atoms with van der Waals surface area (Å²) < 4.78 is 44.3. The maximum absolute atomic E-state index is 12.9. The summed E-state index contributed by atoms with van der Waals surface area (Å²) in [4.78, 5) is 12.2. The molecule has 0 atom stereocenters. The van der Waals surface area contributed by atoms with Gasteiger partial charge < -0.3 is 9.73 Å². The first-order valence-electron chi connectivity index (χ1n) is 8.83. The van der Waals surface area contributed by atoms with Crippen molar-refractivity contribution in [2.45, 2.75) is 32.4 Å².